The van der Waals surface area contributed by atoms with Gasteiger partial charge in [0.05, 0.1) is 17.8 Å². The molecule has 4 nitrogen and oxygen atoms in total. The summed E-state index contributed by atoms with van der Waals surface area (Å²) < 4.78 is 5.63. The van der Waals surface area contributed by atoms with Crippen molar-refractivity contribution >= 4 is 23.1 Å². The first-order valence-electron chi connectivity index (χ1n) is 5.35. The predicted octanol–water partition coefficient (Wildman–Crippen LogP) is 3.10. The summed E-state index contributed by atoms with van der Waals surface area (Å²) in [6.07, 6.45) is 3.33. The number of halogens is 1. The van der Waals surface area contributed by atoms with Gasteiger partial charge in [-0.05, 0) is 24.3 Å². The largest absolute Gasteiger partial charge is 0.456 e. The Kier molecular flexibility index (Phi) is 4.15. The van der Waals surface area contributed by atoms with Crippen molar-refractivity contribution in [1.82, 2.24) is 4.98 Å². The molecule has 18 heavy (non-hydrogen) atoms. The zero-order valence-electron chi connectivity index (χ0n) is 9.58. The summed E-state index contributed by atoms with van der Waals surface area (Å²) in [7, 11) is 0. The molecule has 0 fully saturated rings. The molecule has 1 aromatic carbocycles. The molecule has 0 bridgehead atoms. The van der Waals surface area contributed by atoms with Gasteiger partial charge in [-0.1, -0.05) is 6.07 Å². The van der Waals surface area contributed by atoms with Crippen molar-refractivity contribution in [2.24, 2.45) is 10.7 Å². The monoisotopic (exact) mass is 261 g/mol. The van der Waals surface area contributed by atoms with Crippen molar-refractivity contribution in [2.45, 2.75) is 0 Å². The van der Waals surface area contributed by atoms with Gasteiger partial charge >= 0.3 is 0 Å². The van der Waals surface area contributed by atoms with Crippen molar-refractivity contribution < 1.29 is 4.74 Å². The number of aromatic nitrogens is 1. The number of benzene rings is 1. The Bertz CT molecular complexity index is 543. The van der Waals surface area contributed by atoms with E-state index in [2.05, 4.69) is 9.98 Å². The van der Waals surface area contributed by atoms with E-state index in [-0.39, 0.29) is 5.88 Å². The van der Waals surface area contributed by atoms with Gasteiger partial charge in [0.25, 0.3) is 0 Å². The number of amidine groups is 1. The van der Waals surface area contributed by atoms with E-state index in [1.54, 1.807) is 18.5 Å². The van der Waals surface area contributed by atoms with Crippen molar-refractivity contribution in [3.05, 3.63) is 48.8 Å². The molecule has 92 valence electrons. The third-order valence-corrected chi connectivity index (χ3v) is 2.37. The highest BCUT2D eigenvalue weighted by molar-refractivity contribution is 6.28. The first-order chi connectivity index (χ1) is 8.78. The first-order valence-corrected chi connectivity index (χ1v) is 5.88. The quantitative estimate of drug-likeness (QED) is 0.523. The average molecular weight is 262 g/mol. The van der Waals surface area contributed by atoms with Gasteiger partial charge < -0.3 is 10.5 Å². The minimum absolute atomic E-state index is 0.202. The van der Waals surface area contributed by atoms with Crippen LogP contribution >= 0.6 is 11.6 Å². The van der Waals surface area contributed by atoms with Crippen LogP contribution in [-0.4, -0.2) is 16.7 Å². The molecule has 0 aliphatic carbocycles. The average Bonchev–Trinajstić information content (AvgIpc) is 2.40. The van der Waals surface area contributed by atoms with Gasteiger partial charge in [0, 0.05) is 12.3 Å². The topological polar surface area (TPSA) is 60.5 Å². The Labute approximate surface area is 110 Å². The van der Waals surface area contributed by atoms with Gasteiger partial charge in [0.1, 0.15) is 17.3 Å². The lowest BCUT2D eigenvalue weighted by atomic mass is 10.3. The van der Waals surface area contributed by atoms with Crippen LogP contribution in [0.1, 0.15) is 0 Å². The van der Waals surface area contributed by atoms with Crippen molar-refractivity contribution in [1.29, 1.82) is 0 Å². The van der Waals surface area contributed by atoms with Gasteiger partial charge in [-0.3, -0.25) is 4.98 Å². The maximum Gasteiger partial charge on any atom is 0.145 e. The second kappa shape index (κ2) is 6.02. The van der Waals surface area contributed by atoms with Crippen LogP contribution in [0.2, 0.25) is 0 Å². The van der Waals surface area contributed by atoms with Crippen LogP contribution in [0, 0.1) is 0 Å². The number of nitrogens with zero attached hydrogens (tertiary/aromatic N) is 2. The normalized spacial score (nSPS) is 11.3. The SMILES string of the molecule is NC(CCl)=Nc1cccc(Oc2cccnc2)c1. The lowest BCUT2D eigenvalue weighted by Crippen LogP contribution is -2.12. The minimum Gasteiger partial charge on any atom is -0.456 e. The Morgan fingerprint density at radius 1 is 1.28 bits per heavy atom. The first kappa shape index (κ1) is 12.4. The van der Waals surface area contributed by atoms with E-state index in [1.807, 2.05) is 30.3 Å². The molecule has 0 aliphatic rings. The van der Waals surface area contributed by atoms with E-state index in [0.29, 0.717) is 23.0 Å². The van der Waals surface area contributed by atoms with Gasteiger partial charge in [-0.15, -0.1) is 11.6 Å². The molecule has 0 radical (unpaired) electrons. The fourth-order valence-corrected chi connectivity index (χ4v) is 1.42. The highest BCUT2D eigenvalue weighted by atomic mass is 35.5. The summed E-state index contributed by atoms with van der Waals surface area (Å²) in [5, 5.41) is 0. The van der Waals surface area contributed by atoms with Crippen molar-refractivity contribution in [3.8, 4) is 11.5 Å². The Balaban J connectivity index is 2.18. The molecule has 0 aliphatic heterocycles. The maximum atomic E-state index is 5.63. The molecule has 1 heterocycles. The van der Waals surface area contributed by atoms with Gasteiger partial charge in [0.15, 0.2) is 0 Å². The van der Waals surface area contributed by atoms with Crippen molar-refractivity contribution in [3.63, 3.8) is 0 Å². The summed E-state index contributed by atoms with van der Waals surface area (Å²) in [6.45, 7) is 0. The highest BCUT2D eigenvalue weighted by Crippen LogP contribution is 2.24. The van der Waals surface area contributed by atoms with E-state index in [0.717, 1.165) is 0 Å². The fourth-order valence-electron chi connectivity index (χ4n) is 1.36. The lowest BCUT2D eigenvalue weighted by molar-refractivity contribution is 0.480. The maximum absolute atomic E-state index is 5.63. The number of pyridine rings is 1. The van der Waals surface area contributed by atoms with E-state index in [9.17, 15) is 0 Å². The smallest absolute Gasteiger partial charge is 0.145 e. The molecule has 0 saturated heterocycles. The highest BCUT2D eigenvalue weighted by Gasteiger charge is 1.99. The number of nitrogens with two attached hydrogens (primary N) is 1. The molecule has 0 atom stereocenters. The number of rotatable bonds is 4. The molecule has 5 heteroatoms. The molecule has 2 rings (SSSR count). The predicted molar refractivity (Wildman–Crippen MR) is 72.8 cm³/mol. The minimum atomic E-state index is 0.202. The molecule has 0 unspecified atom stereocenters. The lowest BCUT2D eigenvalue weighted by Gasteiger charge is -2.05. The van der Waals surface area contributed by atoms with Gasteiger partial charge in [-0.2, -0.15) is 0 Å². The van der Waals surface area contributed by atoms with Gasteiger partial charge in [0.2, 0.25) is 0 Å². The van der Waals surface area contributed by atoms with E-state index in [1.165, 1.54) is 0 Å². The standard InChI is InChI=1S/C13H12ClN3O/c14-8-13(15)17-10-3-1-4-11(7-10)18-12-5-2-6-16-9-12/h1-7,9H,8H2,(H2,15,17). The number of alkyl halides is 1. The molecular formula is C13H12ClN3O. The molecule has 2 aromatic rings. The Hall–Kier alpha value is -2.07. The second-order valence-corrected chi connectivity index (χ2v) is 3.79. The van der Waals surface area contributed by atoms with Crippen LogP contribution in [0.25, 0.3) is 0 Å². The van der Waals surface area contributed by atoms with Crippen LogP contribution in [-0.2, 0) is 0 Å². The fraction of sp³-hybridized carbons (Fsp3) is 0.0769. The van der Waals surface area contributed by atoms with E-state index < -0.39 is 0 Å². The molecular weight excluding hydrogens is 250 g/mol. The van der Waals surface area contributed by atoms with Crippen LogP contribution in [0.3, 0.4) is 0 Å². The number of hydrogen-bond acceptors (Lipinski definition) is 3. The number of ether oxygens (including phenoxy) is 1. The van der Waals surface area contributed by atoms with E-state index in [4.69, 9.17) is 22.1 Å². The molecule has 0 spiro atoms. The molecule has 1 aromatic heterocycles. The number of hydrogen-bond donors (Lipinski definition) is 1. The zero-order chi connectivity index (χ0) is 12.8. The van der Waals surface area contributed by atoms with Gasteiger partial charge in [-0.25, -0.2) is 4.99 Å². The summed E-state index contributed by atoms with van der Waals surface area (Å²) in [5.41, 5.74) is 6.28. The van der Waals surface area contributed by atoms with Crippen LogP contribution in [0.5, 0.6) is 11.5 Å². The summed E-state index contributed by atoms with van der Waals surface area (Å²) in [5.74, 6) is 1.92. The van der Waals surface area contributed by atoms with Crippen LogP contribution < -0.4 is 10.5 Å². The Morgan fingerprint density at radius 3 is 2.83 bits per heavy atom. The van der Waals surface area contributed by atoms with E-state index >= 15 is 0 Å². The second-order valence-electron chi connectivity index (χ2n) is 3.52. The van der Waals surface area contributed by atoms with Crippen LogP contribution in [0.4, 0.5) is 5.69 Å². The third kappa shape index (κ3) is 3.46. The molecule has 0 saturated carbocycles. The third-order valence-electron chi connectivity index (χ3n) is 2.10. The van der Waals surface area contributed by atoms with Crippen LogP contribution in [0.15, 0.2) is 53.8 Å². The summed E-state index contributed by atoms with van der Waals surface area (Å²) >= 11 is 5.58. The molecule has 2 N–H and O–H groups in total. The molecule has 0 amide bonds. The summed E-state index contributed by atoms with van der Waals surface area (Å²) in [4.78, 5) is 8.12. The zero-order valence-corrected chi connectivity index (χ0v) is 10.3. The number of aliphatic imine (C=N–C) groups is 1. The summed E-state index contributed by atoms with van der Waals surface area (Å²) in [6, 6.07) is 10.9. The van der Waals surface area contributed by atoms with Crippen molar-refractivity contribution in [2.75, 3.05) is 5.88 Å². The Morgan fingerprint density at radius 2 is 2.11 bits per heavy atom.